The number of amidine groups is 1. The lowest BCUT2D eigenvalue weighted by Crippen LogP contribution is -2.29. The van der Waals surface area contributed by atoms with Crippen molar-refractivity contribution >= 4 is 54.0 Å². The predicted octanol–water partition coefficient (Wildman–Crippen LogP) is 0.493. The van der Waals surface area contributed by atoms with E-state index in [0.29, 0.717) is 11.4 Å². The molecule has 10 nitrogen and oxygen atoms in total. The molecule has 0 bridgehead atoms. The van der Waals surface area contributed by atoms with Gasteiger partial charge in [-0.05, 0) is 6.07 Å². The van der Waals surface area contributed by atoms with Crippen LogP contribution in [0.15, 0.2) is 18.3 Å². The number of aromatic nitrogens is 3. The molecule has 2 heterocycles. The third-order valence-corrected chi connectivity index (χ3v) is 3.29. The number of nitrogens with zero attached hydrogens (tertiary/aromatic N) is 3. The minimum Gasteiger partial charge on any atom is -0.397 e. The smallest absolute Gasteiger partial charge is 0.273 e. The lowest BCUT2D eigenvalue weighted by Gasteiger charge is -2.03. The number of nitrogen functional groups attached to an aromatic ring is 1. The van der Waals surface area contributed by atoms with E-state index in [9.17, 15) is 9.59 Å². The van der Waals surface area contributed by atoms with Crippen molar-refractivity contribution in [3.8, 4) is 0 Å². The van der Waals surface area contributed by atoms with Gasteiger partial charge in [0.15, 0.2) is 5.82 Å². The lowest BCUT2D eigenvalue weighted by atomic mass is 10.3. The van der Waals surface area contributed by atoms with Gasteiger partial charge in [-0.3, -0.25) is 19.7 Å². The molecule has 7 N–H and O–H groups in total. The van der Waals surface area contributed by atoms with E-state index < -0.39 is 0 Å². The fourth-order valence-corrected chi connectivity index (χ4v) is 2.14. The summed E-state index contributed by atoms with van der Waals surface area (Å²) in [5, 5.41) is 16.5. The van der Waals surface area contributed by atoms with E-state index in [0.717, 1.165) is 0 Å². The van der Waals surface area contributed by atoms with E-state index >= 15 is 0 Å². The van der Waals surface area contributed by atoms with Gasteiger partial charge in [0.05, 0.1) is 11.5 Å². The number of rotatable bonds is 6. The van der Waals surface area contributed by atoms with Crippen LogP contribution in [0, 0.1) is 5.41 Å². The maximum Gasteiger partial charge on any atom is 0.273 e. The fourth-order valence-electron chi connectivity index (χ4n) is 2.14. The summed E-state index contributed by atoms with van der Waals surface area (Å²) >= 11 is 0. The van der Waals surface area contributed by atoms with Gasteiger partial charge in [0, 0.05) is 39.3 Å². The minimum absolute atomic E-state index is 0. The first-order valence-corrected chi connectivity index (χ1v) is 7.16. The number of carbonyl (C=O) groups is 2. The van der Waals surface area contributed by atoms with Gasteiger partial charge in [-0.2, -0.15) is 5.10 Å². The Morgan fingerprint density at radius 1 is 1.19 bits per heavy atom. The first kappa shape index (κ1) is 23.3. The molecule has 2 amide bonds. The van der Waals surface area contributed by atoms with Crippen molar-refractivity contribution in [3.05, 3.63) is 29.7 Å². The monoisotopic (exact) mass is 404 g/mol. The van der Waals surface area contributed by atoms with Crippen LogP contribution < -0.4 is 22.1 Å². The van der Waals surface area contributed by atoms with Gasteiger partial charge in [0.25, 0.3) is 11.8 Å². The van der Waals surface area contributed by atoms with Crippen molar-refractivity contribution < 1.29 is 9.59 Å². The van der Waals surface area contributed by atoms with Crippen molar-refractivity contribution in [2.45, 2.75) is 6.42 Å². The Balaban J connectivity index is 0.00000312. The summed E-state index contributed by atoms with van der Waals surface area (Å²) in [6.07, 6.45) is 1.89. The van der Waals surface area contributed by atoms with Crippen LogP contribution in [0.25, 0.3) is 0 Å². The van der Waals surface area contributed by atoms with Crippen molar-refractivity contribution in [1.82, 2.24) is 19.7 Å². The minimum atomic E-state index is -0.379. The van der Waals surface area contributed by atoms with E-state index in [1.807, 2.05) is 0 Å². The van der Waals surface area contributed by atoms with Gasteiger partial charge in [0.2, 0.25) is 0 Å². The second-order valence-corrected chi connectivity index (χ2v) is 5.29. The molecule has 2 aromatic heterocycles. The molecule has 0 saturated heterocycles. The summed E-state index contributed by atoms with van der Waals surface area (Å²) in [4.78, 5) is 24.3. The molecule has 2 aromatic rings. The maximum atomic E-state index is 12.2. The number of carbonyl (C=O) groups excluding carboxylic acids is 2. The molecule has 26 heavy (non-hydrogen) atoms. The summed E-state index contributed by atoms with van der Waals surface area (Å²) in [5.74, 6) is -0.500. The zero-order chi connectivity index (χ0) is 17.9. The SMILES string of the molecule is Cl.Cl.Cn1cc(N)cc1C(=O)Nc1cc(C(=O)NCCC(=N)N)n(C)n1. The van der Waals surface area contributed by atoms with Crippen LogP contribution in [0.3, 0.4) is 0 Å². The van der Waals surface area contributed by atoms with E-state index in [-0.39, 0.29) is 66.9 Å². The molecule has 0 aliphatic carbocycles. The quantitative estimate of drug-likeness (QED) is 0.349. The highest BCUT2D eigenvalue weighted by molar-refractivity contribution is 6.04. The first-order valence-electron chi connectivity index (χ1n) is 7.16. The van der Waals surface area contributed by atoms with Gasteiger partial charge < -0.3 is 26.7 Å². The molecule has 0 fully saturated rings. The van der Waals surface area contributed by atoms with E-state index in [4.69, 9.17) is 16.9 Å². The number of halogens is 2. The van der Waals surface area contributed by atoms with Gasteiger partial charge in [0.1, 0.15) is 11.4 Å². The van der Waals surface area contributed by atoms with Crippen LogP contribution in [0.2, 0.25) is 0 Å². The van der Waals surface area contributed by atoms with Crippen LogP contribution >= 0.6 is 24.8 Å². The molecule has 0 radical (unpaired) electrons. The molecule has 0 aliphatic rings. The van der Waals surface area contributed by atoms with Crippen LogP contribution in [0.1, 0.15) is 27.4 Å². The fraction of sp³-hybridized carbons (Fsp3) is 0.286. The van der Waals surface area contributed by atoms with Crippen molar-refractivity contribution in [3.63, 3.8) is 0 Å². The third kappa shape index (κ3) is 5.67. The summed E-state index contributed by atoms with van der Waals surface area (Å²) in [7, 11) is 3.30. The predicted molar refractivity (Wildman–Crippen MR) is 104 cm³/mol. The standard InChI is InChI=1S/C14H20N8O2.2ClH/c1-21-7-8(15)5-9(21)14(24)19-12-6-10(22(2)20-12)13(23)18-4-3-11(16)17;;/h5-7H,3-4,15H2,1-2H3,(H3,16,17)(H,18,23)(H,19,20,24);2*1H. The van der Waals surface area contributed by atoms with Gasteiger partial charge in [-0.25, -0.2) is 0 Å². The molecule has 0 saturated carbocycles. The molecule has 0 atom stereocenters. The zero-order valence-electron chi connectivity index (χ0n) is 14.3. The van der Waals surface area contributed by atoms with Crippen molar-refractivity contribution in [1.29, 1.82) is 5.41 Å². The molecule has 144 valence electrons. The van der Waals surface area contributed by atoms with Crippen LogP contribution in [0.4, 0.5) is 11.5 Å². The van der Waals surface area contributed by atoms with E-state index in [1.165, 1.54) is 10.7 Å². The molecule has 0 unspecified atom stereocenters. The molecular weight excluding hydrogens is 383 g/mol. The summed E-state index contributed by atoms with van der Waals surface area (Å²) < 4.78 is 2.96. The van der Waals surface area contributed by atoms with E-state index in [2.05, 4.69) is 15.7 Å². The Morgan fingerprint density at radius 3 is 2.38 bits per heavy atom. The molecule has 0 spiro atoms. The maximum absolute atomic E-state index is 12.2. The molecule has 12 heteroatoms. The third-order valence-electron chi connectivity index (χ3n) is 3.29. The highest BCUT2D eigenvalue weighted by Crippen LogP contribution is 2.13. The summed E-state index contributed by atoms with van der Waals surface area (Å²) in [6, 6.07) is 3.01. The normalized spacial score (nSPS) is 9.62. The Hall–Kier alpha value is -2.72. The van der Waals surface area contributed by atoms with Crippen LogP contribution in [-0.4, -0.2) is 38.5 Å². The number of anilines is 2. The van der Waals surface area contributed by atoms with Crippen LogP contribution in [0.5, 0.6) is 0 Å². The highest BCUT2D eigenvalue weighted by Gasteiger charge is 2.16. The Morgan fingerprint density at radius 2 is 1.85 bits per heavy atom. The largest absolute Gasteiger partial charge is 0.397 e. The lowest BCUT2D eigenvalue weighted by molar-refractivity contribution is 0.0944. The topological polar surface area (TPSA) is 157 Å². The number of hydrogen-bond donors (Lipinski definition) is 5. The van der Waals surface area contributed by atoms with Gasteiger partial charge >= 0.3 is 0 Å². The second kappa shape index (κ2) is 9.68. The van der Waals surface area contributed by atoms with Crippen molar-refractivity contribution in [2.75, 3.05) is 17.6 Å². The first-order chi connectivity index (χ1) is 11.3. The van der Waals surface area contributed by atoms with Gasteiger partial charge in [-0.1, -0.05) is 0 Å². The Kier molecular flexibility index (Phi) is 8.67. The second-order valence-electron chi connectivity index (χ2n) is 5.29. The Bertz CT molecular complexity index is 799. The van der Waals surface area contributed by atoms with E-state index in [1.54, 1.807) is 30.9 Å². The molecule has 0 aromatic carbocycles. The Labute approximate surface area is 162 Å². The number of nitrogens with two attached hydrogens (primary N) is 2. The van der Waals surface area contributed by atoms with Crippen molar-refractivity contribution in [2.24, 2.45) is 19.8 Å². The summed E-state index contributed by atoms with van der Waals surface area (Å²) in [6.45, 7) is 0.254. The molecular formula is C14H22Cl2N8O2. The number of amides is 2. The van der Waals surface area contributed by atoms with Gasteiger partial charge in [-0.15, -0.1) is 24.8 Å². The average molecular weight is 405 g/mol. The highest BCUT2D eigenvalue weighted by atomic mass is 35.5. The number of nitrogens with one attached hydrogen (secondary N) is 3. The van der Waals surface area contributed by atoms with Crippen LogP contribution in [-0.2, 0) is 14.1 Å². The average Bonchev–Trinajstić information content (AvgIpc) is 3.00. The number of aryl methyl sites for hydroxylation is 2. The zero-order valence-corrected chi connectivity index (χ0v) is 15.9. The molecule has 0 aliphatic heterocycles. The number of hydrogen-bond acceptors (Lipinski definition) is 5. The molecule has 2 rings (SSSR count). The summed E-state index contributed by atoms with van der Waals surface area (Å²) in [5.41, 5.74) is 12.0.